The van der Waals surface area contributed by atoms with Gasteiger partial charge in [-0.25, -0.2) is 9.37 Å². The van der Waals surface area contributed by atoms with E-state index in [0.29, 0.717) is 55.0 Å². The van der Waals surface area contributed by atoms with Crippen LogP contribution in [0.25, 0.3) is 22.3 Å². The molecule has 0 atom stereocenters. The highest BCUT2D eigenvalue weighted by Crippen LogP contribution is 2.24. The number of aryl methyl sites for hydroxylation is 1. The topological polar surface area (TPSA) is 107 Å². The molecule has 186 valence electrons. The van der Waals surface area contributed by atoms with E-state index in [-0.39, 0.29) is 23.5 Å². The molecule has 36 heavy (non-hydrogen) atoms. The molecule has 8 nitrogen and oxygen atoms in total. The third kappa shape index (κ3) is 5.30. The Morgan fingerprint density at radius 1 is 1.14 bits per heavy atom. The molecule has 2 aromatic heterocycles. The van der Waals surface area contributed by atoms with Crippen molar-refractivity contribution in [1.82, 2.24) is 30.4 Å². The number of nitrogens with zero attached hydrogens (tertiary/aromatic N) is 3. The van der Waals surface area contributed by atoms with Crippen LogP contribution in [0.3, 0.4) is 0 Å². The van der Waals surface area contributed by atoms with Crippen LogP contribution in [0.15, 0.2) is 48.5 Å². The van der Waals surface area contributed by atoms with Crippen LogP contribution in [-0.4, -0.2) is 56.5 Å². The fourth-order valence-corrected chi connectivity index (χ4v) is 4.75. The lowest BCUT2D eigenvalue weighted by atomic mass is 9.93. The highest BCUT2D eigenvalue weighted by Gasteiger charge is 2.26. The van der Waals surface area contributed by atoms with Gasteiger partial charge in [-0.3, -0.25) is 14.7 Å². The van der Waals surface area contributed by atoms with Gasteiger partial charge in [0.05, 0.1) is 16.7 Å². The third-order valence-corrected chi connectivity index (χ3v) is 6.78. The number of aromatic nitrogens is 4. The first-order valence-corrected chi connectivity index (χ1v) is 12.3. The molecule has 2 amide bonds. The Morgan fingerprint density at radius 3 is 2.75 bits per heavy atom. The van der Waals surface area contributed by atoms with Crippen LogP contribution in [0.1, 0.15) is 41.1 Å². The van der Waals surface area contributed by atoms with Gasteiger partial charge in [0.1, 0.15) is 17.3 Å². The molecule has 0 unspecified atom stereocenters. The summed E-state index contributed by atoms with van der Waals surface area (Å²) in [5, 5.41) is 10.2. The number of carbonyl (C=O) groups is 2. The largest absolute Gasteiger partial charge is 0.356 e. The summed E-state index contributed by atoms with van der Waals surface area (Å²) < 4.78 is 13.3. The Balaban J connectivity index is 1.06. The van der Waals surface area contributed by atoms with Gasteiger partial charge >= 0.3 is 0 Å². The zero-order valence-corrected chi connectivity index (χ0v) is 20.2. The van der Waals surface area contributed by atoms with Gasteiger partial charge in [-0.05, 0) is 55.5 Å². The molecule has 1 fully saturated rings. The Labute approximate surface area is 208 Å². The van der Waals surface area contributed by atoms with Crippen LogP contribution in [0.2, 0.25) is 0 Å². The summed E-state index contributed by atoms with van der Waals surface area (Å²) in [6, 6.07) is 14.2. The van der Waals surface area contributed by atoms with Gasteiger partial charge < -0.3 is 15.2 Å². The number of amides is 2. The van der Waals surface area contributed by atoms with Gasteiger partial charge in [0.2, 0.25) is 5.91 Å². The van der Waals surface area contributed by atoms with E-state index < -0.39 is 0 Å². The number of fused-ring (bicyclic) bond motifs is 1. The first kappa shape index (κ1) is 23.7. The number of piperidine rings is 1. The molecule has 2 aromatic carbocycles. The highest BCUT2D eigenvalue weighted by atomic mass is 19.1. The average Bonchev–Trinajstić information content (AvgIpc) is 3.51. The summed E-state index contributed by atoms with van der Waals surface area (Å²) in [4.78, 5) is 34.7. The molecule has 1 saturated heterocycles. The number of rotatable bonds is 7. The lowest BCUT2D eigenvalue weighted by Crippen LogP contribution is -2.40. The summed E-state index contributed by atoms with van der Waals surface area (Å²) in [5.41, 5.74) is 4.72. The van der Waals surface area contributed by atoms with Crippen LogP contribution in [-0.2, 0) is 11.2 Å². The fourth-order valence-electron chi connectivity index (χ4n) is 4.75. The van der Waals surface area contributed by atoms with E-state index >= 15 is 0 Å². The van der Waals surface area contributed by atoms with E-state index in [0.717, 1.165) is 29.7 Å². The Kier molecular flexibility index (Phi) is 6.79. The van der Waals surface area contributed by atoms with Gasteiger partial charge in [-0.1, -0.05) is 24.3 Å². The summed E-state index contributed by atoms with van der Waals surface area (Å²) in [7, 11) is 0. The number of halogens is 1. The minimum Gasteiger partial charge on any atom is -0.356 e. The average molecular weight is 489 g/mol. The van der Waals surface area contributed by atoms with Gasteiger partial charge in [-0.2, -0.15) is 5.10 Å². The van der Waals surface area contributed by atoms with Gasteiger partial charge in [0.15, 0.2) is 0 Å². The third-order valence-electron chi connectivity index (χ3n) is 6.78. The van der Waals surface area contributed by atoms with E-state index in [1.165, 1.54) is 12.1 Å². The van der Waals surface area contributed by atoms with E-state index in [2.05, 4.69) is 25.5 Å². The molecule has 0 aliphatic carbocycles. The van der Waals surface area contributed by atoms with E-state index in [9.17, 15) is 14.0 Å². The number of likely N-dealkylation sites (tertiary alicyclic amines) is 1. The Morgan fingerprint density at radius 2 is 1.94 bits per heavy atom. The predicted molar refractivity (Wildman–Crippen MR) is 135 cm³/mol. The first-order chi connectivity index (χ1) is 17.5. The van der Waals surface area contributed by atoms with Crippen molar-refractivity contribution in [2.24, 2.45) is 5.92 Å². The second kappa shape index (κ2) is 10.3. The second-order valence-electron chi connectivity index (χ2n) is 9.37. The molecule has 0 bridgehead atoms. The molecular formula is C27H29FN6O2. The molecule has 9 heteroatoms. The number of hydrogen-bond acceptors (Lipinski definition) is 4. The minimum atomic E-state index is -0.310. The summed E-state index contributed by atoms with van der Waals surface area (Å²) in [6.07, 6.45) is 2.55. The van der Waals surface area contributed by atoms with Crippen LogP contribution in [0.4, 0.5) is 4.39 Å². The summed E-state index contributed by atoms with van der Waals surface area (Å²) in [5.74, 6) is 0.587. The predicted octanol–water partition coefficient (Wildman–Crippen LogP) is 4.00. The van der Waals surface area contributed by atoms with Gasteiger partial charge in [0, 0.05) is 38.0 Å². The van der Waals surface area contributed by atoms with Crippen molar-refractivity contribution in [3.8, 4) is 11.3 Å². The van der Waals surface area contributed by atoms with Crippen molar-refractivity contribution in [2.75, 3.05) is 19.6 Å². The molecule has 0 spiro atoms. The molecule has 0 saturated carbocycles. The molecule has 3 N–H and O–H groups in total. The van der Waals surface area contributed by atoms with Crippen LogP contribution in [0.5, 0.6) is 0 Å². The van der Waals surface area contributed by atoms with Crippen molar-refractivity contribution in [3.63, 3.8) is 0 Å². The SMILES string of the molecule is Cc1ccccc1-c1cc(C(=O)N2CCC(CC(=O)NCCc3nc4ccc(F)cc4[nH]3)CC2)[nH]n1. The highest BCUT2D eigenvalue weighted by molar-refractivity contribution is 5.93. The van der Waals surface area contributed by atoms with Crippen LogP contribution < -0.4 is 5.32 Å². The second-order valence-corrected chi connectivity index (χ2v) is 9.37. The van der Waals surface area contributed by atoms with Gasteiger partial charge in [0.25, 0.3) is 5.91 Å². The smallest absolute Gasteiger partial charge is 0.271 e. The van der Waals surface area contributed by atoms with Crippen molar-refractivity contribution >= 4 is 22.8 Å². The summed E-state index contributed by atoms with van der Waals surface area (Å²) in [6.45, 7) is 3.71. The maximum Gasteiger partial charge on any atom is 0.271 e. The molecule has 1 aliphatic heterocycles. The number of carbonyl (C=O) groups excluding carboxylic acids is 2. The van der Waals surface area contributed by atoms with Gasteiger partial charge in [-0.15, -0.1) is 0 Å². The van der Waals surface area contributed by atoms with Crippen molar-refractivity contribution in [1.29, 1.82) is 0 Å². The first-order valence-electron chi connectivity index (χ1n) is 12.3. The molecule has 3 heterocycles. The lowest BCUT2D eigenvalue weighted by Gasteiger charge is -2.31. The Hall–Kier alpha value is -4.01. The van der Waals surface area contributed by atoms with Crippen LogP contribution >= 0.6 is 0 Å². The number of nitrogens with one attached hydrogen (secondary N) is 3. The maximum atomic E-state index is 13.3. The molecule has 4 aromatic rings. The zero-order valence-electron chi connectivity index (χ0n) is 20.2. The molecule has 5 rings (SSSR count). The number of aromatic amines is 2. The summed E-state index contributed by atoms with van der Waals surface area (Å²) >= 11 is 0. The maximum absolute atomic E-state index is 13.3. The Bertz CT molecular complexity index is 1390. The molecular weight excluding hydrogens is 459 g/mol. The molecule has 1 aliphatic rings. The van der Waals surface area contributed by atoms with Crippen molar-refractivity contribution in [3.05, 3.63) is 71.4 Å². The normalized spacial score (nSPS) is 14.3. The quantitative estimate of drug-likeness (QED) is 0.366. The van der Waals surface area contributed by atoms with Crippen molar-refractivity contribution < 1.29 is 14.0 Å². The monoisotopic (exact) mass is 488 g/mol. The number of imidazole rings is 1. The molecule has 0 radical (unpaired) electrons. The van der Waals surface area contributed by atoms with E-state index in [1.54, 1.807) is 6.07 Å². The number of benzene rings is 2. The zero-order chi connectivity index (χ0) is 25.1. The number of hydrogen-bond donors (Lipinski definition) is 3. The fraction of sp³-hybridized carbons (Fsp3) is 0.333. The number of H-pyrrole nitrogens is 2. The standard InChI is InChI=1S/C27H29FN6O2/c1-17-4-2-3-5-20(17)22-16-24(33-32-22)27(36)34-12-9-18(10-13-34)14-26(35)29-11-8-25-30-21-7-6-19(28)15-23(21)31-25/h2-7,15-16,18H,8-14H2,1H3,(H,29,35)(H,30,31)(H,32,33). The lowest BCUT2D eigenvalue weighted by molar-refractivity contribution is -0.122. The van der Waals surface area contributed by atoms with Crippen molar-refractivity contribution in [2.45, 2.75) is 32.6 Å². The van der Waals surface area contributed by atoms with Crippen LogP contribution in [0, 0.1) is 18.7 Å². The van der Waals surface area contributed by atoms with E-state index in [1.807, 2.05) is 42.2 Å². The minimum absolute atomic E-state index is 0.00151. The van der Waals surface area contributed by atoms with E-state index in [4.69, 9.17) is 0 Å².